The van der Waals surface area contributed by atoms with Crippen LogP contribution in [0.1, 0.15) is 68.8 Å². The average Bonchev–Trinajstić information content (AvgIpc) is 3.36. The number of nitrogens with two attached hydrogens (primary N) is 1. The highest BCUT2D eigenvalue weighted by atomic mass is 35.5. The van der Waals surface area contributed by atoms with Gasteiger partial charge in [0, 0.05) is 29.1 Å². The summed E-state index contributed by atoms with van der Waals surface area (Å²) in [6, 6.07) is 9.75. The zero-order valence-electron chi connectivity index (χ0n) is 26.8. The first-order valence-corrected chi connectivity index (χ1v) is 16.5. The Morgan fingerprint density at radius 1 is 1.15 bits per heavy atom. The Morgan fingerprint density at radius 2 is 1.87 bits per heavy atom. The molecule has 0 saturated carbocycles. The number of hydrogen-bond donors (Lipinski definition) is 4. The molecule has 1 aromatic heterocycles. The number of aromatic amines is 1. The van der Waals surface area contributed by atoms with E-state index < -0.39 is 35.4 Å². The van der Waals surface area contributed by atoms with Gasteiger partial charge in [-0.3, -0.25) is 19.3 Å². The normalized spacial score (nSPS) is 17.2. The number of unbranched alkanes of at least 4 members (excludes halogenated alkanes) is 1. The summed E-state index contributed by atoms with van der Waals surface area (Å²) in [5.74, 6) is -2.06. The number of carbonyl (C=O) groups excluding carboxylic acids is 3. The van der Waals surface area contributed by atoms with Crippen LogP contribution >= 0.6 is 23.2 Å². The molecule has 248 valence electrons. The van der Waals surface area contributed by atoms with Crippen molar-refractivity contribution in [3.8, 4) is 0 Å². The summed E-state index contributed by atoms with van der Waals surface area (Å²) in [6.45, 7) is 7.56. The van der Waals surface area contributed by atoms with Crippen LogP contribution in [-0.4, -0.2) is 68.4 Å². The van der Waals surface area contributed by atoms with Gasteiger partial charge in [-0.25, -0.2) is 4.79 Å². The Labute approximate surface area is 279 Å². The SMILES string of the molecule is CCCCN(CC(N)=O)C(=O)C1(NC(=O)[C@H](C(C)CC)N(Cc2ccccc2C)C(=O)O)CCc2[nH]c3c(Cl)cc(Cl)cc3c2C1. The van der Waals surface area contributed by atoms with Gasteiger partial charge in [-0.1, -0.05) is 81.1 Å². The van der Waals surface area contributed by atoms with Crippen molar-refractivity contribution in [2.75, 3.05) is 13.1 Å². The summed E-state index contributed by atoms with van der Waals surface area (Å²) >= 11 is 12.9. The van der Waals surface area contributed by atoms with Crippen LogP contribution in [0.5, 0.6) is 0 Å². The smallest absolute Gasteiger partial charge is 0.408 e. The standard InChI is InChI=1S/C34H43Cl2N5O5/c1-5-7-14-40(19-28(37)42)32(44)34(13-12-27-25(17-34)24-15-23(35)16-26(36)29(24)38-27)39-31(43)30(20(3)6-2)41(33(45)46)18-22-11-9-8-10-21(22)4/h8-11,15-16,20,30,38H,5-7,12-14,17-19H2,1-4H3,(H2,37,42)(H,39,43)(H,45,46)/t20?,30-,34?/m0/s1. The second-order valence-electron chi connectivity index (χ2n) is 12.4. The number of aromatic nitrogens is 1. The summed E-state index contributed by atoms with van der Waals surface area (Å²) in [5, 5.41) is 15.1. The molecule has 0 radical (unpaired) electrons. The first-order valence-electron chi connectivity index (χ1n) is 15.7. The van der Waals surface area contributed by atoms with Crippen molar-refractivity contribution in [3.63, 3.8) is 0 Å². The topological polar surface area (TPSA) is 149 Å². The maximum Gasteiger partial charge on any atom is 0.408 e. The van der Waals surface area contributed by atoms with Gasteiger partial charge in [0.1, 0.15) is 11.6 Å². The van der Waals surface area contributed by atoms with E-state index in [2.05, 4.69) is 10.3 Å². The van der Waals surface area contributed by atoms with Gasteiger partial charge in [-0.15, -0.1) is 0 Å². The number of primary amides is 1. The molecule has 2 unspecified atom stereocenters. The van der Waals surface area contributed by atoms with Crippen LogP contribution in [0.15, 0.2) is 36.4 Å². The molecule has 10 nitrogen and oxygen atoms in total. The van der Waals surface area contributed by atoms with Crippen LogP contribution in [0.3, 0.4) is 0 Å². The molecule has 5 N–H and O–H groups in total. The van der Waals surface area contributed by atoms with Crippen LogP contribution in [0.2, 0.25) is 10.0 Å². The van der Waals surface area contributed by atoms with Gasteiger partial charge in [-0.05, 0) is 60.9 Å². The first kappa shape index (κ1) is 35.1. The molecule has 2 aromatic carbocycles. The fourth-order valence-electron chi connectivity index (χ4n) is 6.40. The Morgan fingerprint density at radius 3 is 2.50 bits per heavy atom. The van der Waals surface area contributed by atoms with Crippen LogP contribution in [0.25, 0.3) is 10.9 Å². The highest BCUT2D eigenvalue weighted by Gasteiger charge is 2.48. The number of H-pyrrole nitrogens is 1. The summed E-state index contributed by atoms with van der Waals surface area (Å²) in [7, 11) is 0. The van der Waals surface area contributed by atoms with Crippen molar-refractivity contribution in [3.05, 3.63) is 68.8 Å². The fourth-order valence-corrected chi connectivity index (χ4v) is 6.94. The molecular formula is C34H43Cl2N5O5. The Bertz CT molecular complexity index is 1620. The number of halogens is 2. The molecule has 0 bridgehead atoms. The maximum absolute atomic E-state index is 14.6. The summed E-state index contributed by atoms with van der Waals surface area (Å²) in [4.78, 5) is 59.9. The van der Waals surface area contributed by atoms with Crippen molar-refractivity contribution < 1.29 is 24.3 Å². The van der Waals surface area contributed by atoms with Gasteiger partial charge < -0.3 is 26.0 Å². The minimum absolute atomic E-state index is 0.000720. The van der Waals surface area contributed by atoms with E-state index in [0.717, 1.165) is 39.1 Å². The molecule has 1 heterocycles. The largest absolute Gasteiger partial charge is 0.465 e. The number of carbonyl (C=O) groups is 4. The number of rotatable bonds is 13. The highest BCUT2D eigenvalue weighted by molar-refractivity contribution is 6.38. The molecule has 0 saturated heterocycles. The van der Waals surface area contributed by atoms with E-state index in [4.69, 9.17) is 28.9 Å². The lowest BCUT2D eigenvalue weighted by atomic mass is 9.77. The third-order valence-electron chi connectivity index (χ3n) is 9.12. The number of nitrogens with one attached hydrogen (secondary N) is 2. The average molecular weight is 673 g/mol. The number of nitrogens with zero attached hydrogens (tertiary/aromatic N) is 2. The minimum Gasteiger partial charge on any atom is -0.465 e. The lowest BCUT2D eigenvalue weighted by Crippen LogP contribution is -2.66. The zero-order chi connectivity index (χ0) is 33.8. The number of fused-ring (bicyclic) bond motifs is 3. The van der Waals surface area contributed by atoms with Crippen molar-refractivity contribution >= 4 is 57.9 Å². The predicted molar refractivity (Wildman–Crippen MR) is 180 cm³/mol. The molecule has 0 spiro atoms. The van der Waals surface area contributed by atoms with Gasteiger partial charge in [0.15, 0.2) is 0 Å². The van der Waals surface area contributed by atoms with Crippen molar-refractivity contribution in [2.24, 2.45) is 11.7 Å². The monoisotopic (exact) mass is 671 g/mol. The first-order chi connectivity index (χ1) is 21.8. The predicted octanol–water partition coefficient (Wildman–Crippen LogP) is 5.84. The quantitative estimate of drug-likeness (QED) is 0.180. The van der Waals surface area contributed by atoms with E-state index in [9.17, 15) is 24.3 Å². The Kier molecular flexibility index (Phi) is 11.3. The lowest BCUT2D eigenvalue weighted by Gasteiger charge is -2.42. The maximum atomic E-state index is 14.6. The summed E-state index contributed by atoms with van der Waals surface area (Å²) in [5.41, 5.74) is 8.10. The Hall–Kier alpha value is -3.76. The van der Waals surface area contributed by atoms with Gasteiger partial charge in [0.25, 0.3) is 0 Å². The van der Waals surface area contributed by atoms with Crippen LogP contribution in [0.4, 0.5) is 4.79 Å². The van der Waals surface area contributed by atoms with E-state index in [1.54, 1.807) is 12.1 Å². The Balaban J connectivity index is 1.81. The summed E-state index contributed by atoms with van der Waals surface area (Å²) in [6.07, 6.45) is 1.37. The molecule has 4 rings (SSSR count). The second kappa shape index (κ2) is 14.8. The molecule has 12 heteroatoms. The highest BCUT2D eigenvalue weighted by Crippen LogP contribution is 2.39. The van der Waals surface area contributed by atoms with E-state index in [1.807, 2.05) is 52.0 Å². The van der Waals surface area contributed by atoms with E-state index in [0.29, 0.717) is 34.8 Å². The van der Waals surface area contributed by atoms with Gasteiger partial charge in [0.05, 0.1) is 23.6 Å². The summed E-state index contributed by atoms with van der Waals surface area (Å²) < 4.78 is 0. The number of carboxylic acid groups (broad SMARTS) is 1. The molecule has 3 aromatic rings. The van der Waals surface area contributed by atoms with E-state index in [-0.39, 0.29) is 38.4 Å². The van der Waals surface area contributed by atoms with Gasteiger partial charge >= 0.3 is 6.09 Å². The lowest BCUT2D eigenvalue weighted by molar-refractivity contribution is -0.146. The molecule has 1 aliphatic rings. The van der Waals surface area contributed by atoms with Crippen molar-refractivity contribution in [1.29, 1.82) is 0 Å². The minimum atomic E-state index is -1.49. The van der Waals surface area contributed by atoms with E-state index in [1.165, 1.54) is 4.90 Å². The van der Waals surface area contributed by atoms with Crippen LogP contribution in [0, 0.1) is 12.8 Å². The van der Waals surface area contributed by atoms with E-state index >= 15 is 0 Å². The number of benzene rings is 2. The third-order valence-corrected chi connectivity index (χ3v) is 9.64. The molecule has 4 amide bonds. The molecule has 0 fully saturated rings. The molecular weight excluding hydrogens is 629 g/mol. The van der Waals surface area contributed by atoms with Gasteiger partial charge in [0.2, 0.25) is 17.7 Å². The third kappa shape index (κ3) is 7.44. The molecule has 3 atom stereocenters. The number of amides is 4. The number of aryl methyl sites for hydroxylation is 2. The van der Waals surface area contributed by atoms with Gasteiger partial charge in [-0.2, -0.15) is 0 Å². The van der Waals surface area contributed by atoms with Crippen molar-refractivity contribution in [1.82, 2.24) is 20.1 Å². The van der Waals surface area contributed by atoms with Crippen LogP contribution < -0.4 is 11.1 Å². The molecule has 46 heavy (non-hydrogen) atoms. The number of hydrogen-bond acceptors (Lipinski definition) is 4. The van der Waals surface area contributed by atoms with Crippen molar-refractivity contribution in [2.45, 2.75) is 84.3 Å². The van der Waals surface area contributed by atoms with Crippen LogP contribution in [-0.2, 0) is 33.8 Å². The zero-order valence-corrected chi connectivity index (χ0v) is 28.3. The molecule has 0 aliphatic heterocycles. The molecule has 1 aliphatic carbocycles. The fraction of sp³-hybridized carbons (Fsp3) is 0.471. The second-order valence-corrected chi connectivity index (χ2v) is 13.2.